The monoisotopic (exact) mass is 418 g/mol. The summed E-state index contributed by atoms with van der Waals surface area (Å²) >= 11 is 0. The largest absolute Gasteiger partial charge is 0.133 e. The van der Waals surface area contributed by atoms with Crippen LogP contribution in [-0.2, 0) is 25.7 Å². The molecule has 0 bridgehead atoms. The van der Waals surface area contributed by atoms with Gasteiger partial charge in [0.1, 0.15) is 0 Å². The molecule has 170 valence electrons. The van der Waals surface area contributed by atoms with Gasteiger partial charge in [0.25, 0.3) is 0 Å². The third kappa shape index (κ3) is 14.1. The lowest BCUT2D eigenvalue weighted by molar-refractivity contribution is 1.03. The fourth-order valence-electron chi connectivity index (χ4n) is 2.92. The average molecular weight is 419 g/mol. The highest BCUT2D eigenvalue weighted by Crippen LogP contribution is 2.19. The fourth-order valence-corrected chi connectivity index (χ4v) is 2.92. The van der Waals surface area contributed by atoms with Gasteiger partial charge in [-0.25, -0.2) is 0 Å². The zero-order valence-electron chi connectivity index (χ0n) is 21.4. The number of aryl methyl sites for hydroxylation is 4. The molecule has 0 unspecified atom stereocenters. The molecule has 0 aliphatic rings. The predicted octanol–water partition coefficient (Wildman–Crippen LogP) is 9.34. The van der Waals surface area contributed by atoms with Gasteiger partial charge in [0.2, 0.25) is 0 Å². The molecule has 0 nitrogen and oxygen atoms in total. The summed E-state index contributed by atoms with van der Waals surface area (Å²) in [6.07, 6.45) is 11.9. The van der Waals surface area contributed by atoms with Crippen LogP contribution in [0, 0.1) is 13.8 Å². The first kappa shape index (κ1) is 30.6. The maximum Gasteiger partial charge on any atom is -0.00945 e. The molecule has 2 aromatic carbocycles. The van der Waals surface area contributed by atoms with Gasteiger partial charge in [0.05, 0.1) is 0 Å². The highest BCUT2D eigenvalue weighted by molar-refractivity contribution is 5.39. The summed E-state index contributed by atoms with van der Waals surface area (Å²) in [6, 6.07) is 13.6. The van der Waals surface area contributed by atoms with Crippen molar-refractivity contribution in [3.63, 3.8) is 0 Å². The van der Waals surface area contributed by atoms with Crippen molar-refractivity contribution < 1.29 is 0 Å². The van der Waals surface area contributed by atoms with E-state index < -0.39 is 0 Å². The van der Waals surface area contributed by atoms with Gasteiger partial charge in [-0.05, 0) is 80.3 Å². The molecule has 0 fully saturated rings. The van der Waals surface area contributed by atoms with Gasteiger partial charge >= 0.3 is 0 Å². The molecule has 0 amide bonds. The number of hydrogen-bond donors (Lipinski definition) is 0. The van der Waals surface area contributed by atoms with E-state index in [1.54, 1.807) is 6.08 Å². The van der Waals surface area contributed by atoms with Crippen molar-refractivity contribution in [2.24, 2.45) is 0 Å². The van der Waals surface area contributed by atoms with E-state index in [0.717, 1.165) is 25.7 Å². The van der Waals surface area contributed by atoms with Gasteiger partial charge in [0, 0.05) is 0 Å². The summed E-state index contributed by atoms with van der Waals surface area (Å²) in [5, 5.41) is 0. The highest BCUT2D eigenvalue weighted by atomic mass is 14.1. The van der Waals surface area contributed by atoms with Crippen LogP contribution in [-0.4, -0.2) is 0 Å². The minimum Gasteiger partial charge on any atom is -0.133 e. The van der Waals surface area contributed by atoms with Crippen LogP contribution in [0.3, 0.4) is 0 Å². The molecule has 0 heterocycles. The molecule has 0 aliphatic carbocycles. The minimum atomic E-state index is 1.02. The number of hydrogen-bond acceptors (Lipinski definition) is 0. The molecule has 0 spiro atoms. The summed E-state index contributed by atoms with van der Waals surface area (Å²) in [6.45, 7) is 24.3. The lowest BCUT2D eigenvalue weighted by atomic mass is 9.94. The van der Waals surface area contributed by atoms with Gasteiger partial charge < -0.3 is 0 Å². The molecule has 2 rings (SSSR count). The van der Waals surface area contributed by atoms with E-state index >= 15 is 0 Å². The molecule has 0 N–H and O–H groups in total. The Morgan fingerprint density at radius 1 is 0.774 bits per heavy atom. The molecule has 0 saturated heterocycles. The van der Waals surface area contributed by atoms with Crippen LogP contribution in [0.1, 0.15) is 74.4 Å². The van der Waals surface area contributed by atoms with Crippen LogP contribution in [0.2, 0.25) is 0 Å². The summed E-state index contributed by atoms with van der Waals surface area (Å²) < 4.78 is 0. The number of benzene rings is 2. The number of allylic oxidation sites excluding steroid dienone is 3. The molecule has 0 saturated carbocycles. The Hall–Kier alpha value is -2.56. The van der Waals surface area contributed by atoms with Crippen molar-refractivity contribution in [2.75, 3.05) is 0 Å². The molecule has 0 heteroatoms. The second-order valence-corrected chi connectivity index (χ2v) is 7.32. The first-order valence-electron chi connectivity index (χ1n) is 11.6. The number of rotatable bonds is 6. The summed E-state index contributed by atoms with van der Waals surface area (Å²) in [4.78, 5) is 0. The molecular weight excluding hydrogens is 372 g/mol. The first-order valence-corrected chi connectivity index (χ1v) is 11.6. The minimum absolute atomic E-state index is 1.02. The van der Waals surface area contributed by atoms with Crippen molar-refractivity contribution in [3.8, 4) is 0 Å². The van der Waals surface area contributed by atoms with E-state index in [4.69, 9.17) is 0 Å². The van der Waals surface area contributed by atoms with Crippen LogP contribution in [0.5, 0.6) is 0 Å². The Bertz CT molecular complexity index is 768. The molecule has 31 heavy (non-hydrogen) atoms. The van der Waals surface area contributed by atoms with E-state index in [0.29, 0.717) is 0 Å². The third-order valence-corrected chi connectivity index (χ3v) is 4.60. The fraction of sp³-hybridized carbons (Fsp3) is 0.387. The highest BCUT2D eigenvalue weighted by Gasteiger charge is 2.04. The van der Waals surface area contributed by atoms with Crippen LogP contribution in [0.25, 0.3) is 0 Å². The van der Waals surface area contributed by atoms with E-state index in [-0.39, 0.29) is 0 Å². The smallest absolute Gasteiger partial charge is 0.00945 e. The Labute approximate surface area is 194 Å². The van der Waals surface area contributed by atoms with Gasteiger partial charge in [-0.1, -0.05) is 94.8 Å². The maximum absolute atomic E-state index is 3.30. The molecular formula is C31H46. The Kier molecular flexibility index (Phi) is 20.5. The van der Waals surface area contributed by atoms with Crippen molar-refractivity contribution in [1.82, 2.24) is 0 Å². The van der Waals surface area contributed by atoms with Gasteiger partial charge in [-0.15, -0.1) is 18.9 Å². The van der Waals surface area contributed by atoms with E-state index in [1.807, 2.05) is 6.92 Å². The Morgan fingerprint density at radius 3 is 1.71 bits per heavy atom. The van der Waals surface area contributed by atoms with Crippen LogP contribution in [0.15, 0.2) is 80.1 Å². The SMILES string of the molecule is C=C.C=C=CC.CCC.CCc1cc(CC)c(C/C=C\Cc2ccc(C)cc2)cc1C. The second kappa shape index (κ2) is 20.7. The second-order valence-electron chi connectivity index (χ2n) is 7.32. The van der Waals surface area contributed by atoms with Gasteiger partial charge in [-0.2, -0.15) is 0 Å². The van der Waals surface area contributed by atoms with Crippen LogP contribution >= 0.6 is 0 Å². The average Bonchev–Trinajstić information content (AvgIpc) is 2.80. The van der Waals surface area contributed by atoms with E-state index in [2.05, 4.69) is 116 Å². The quantitative estimate of drug-likeness (QED) is 0.324. The van der Waals surface area contributed by atoms with Crippen molar-refractivity contribution in [1.29, 1.82) is 0 Å². The molecule has 0 aromatic heterocycles. The normalized spacial score (nSPS) is 9.26. The third-order valence-electron chi connectivity index (χ3n) is 4.60. The van der Waals surface area contributed by atoms with Crippen molar-refractivity contribution >= 4 is 0 Å². The summed E-state index contributed by atoms with van der Waals surface area (Å²) in [5.41, 5.74) is 11.2. The van der Waals surface area contributed by atoms with Gasteiger partial charge in [0.15, 0.2) is 0 Å². The summed E-state index contributed by atoms with van der Waals surface area (Å²) in [7, 11) is 0. The van der Waals surface area contributed by atoms with Gasteiger partial charge in [-0.3, -0.25) is 0 Å². The van der Waals surface area contributed by atoms with Crippen molar-refractivity contribution in [3.05, 3.63) is 113 Å². The zero-order valence-corrected chi connectivity index (χ0v) is 21.4. The van der Waals surface area contributed by atoms with E-state index in [9.17, 15) is 0 Å². The summed E-state index contributed by atoms with van der Waals surface area (Å²) in [5.74, 6) is 0. The molecule has 2 aromatic rings. The zero-order chi connectivity index (χ0) is 24.1. The standard InChI is InChI=1S/C22H28.C4H6.C3H8.C2H4/c1-5-20-16-21(6-2)22(15-18(20)4)10-8-7-9-19-13-11-17(3)12-14-19;1-3-4-2;1-3-2;1-2/h7-8,11-16H,5-6,9-10H2,1-4H3;4H,1H2,2H3;3H2,1-2H3;1-2H2/b8-7-;;;. The van der Waals surface area contributed by atoms with Crippen molar-refractivity contribution in [2.45, 2.75) is 80.6 Å². The Balaban J connectivity index is 0. The molecule has 0 radical (unpaired) electrons. The van der Waals surface area contributed by atoms with Crippen LogP contribution in [0.4, 0.5) is 0 Å². The topological polar surface area (TPSA) is 0 Å². The Morgan fingerprint density at radius 2 is 1.26 bits per heavy atom. The lowest BCUT2D eigenvalue weighted by Gasteiger charge is -2.11. The predicted molar refractivity (Wildman–Crippen MR) is 144 cm³/mol. The molecule has 0 atom stereocenters. The lowest BCUT2D eigenvalue weighted by Crippen LogP contribution is -1.97. The van der Waals surface area contributed by atoms with Crippen LogP contribution < -0.4 is 0 Å². The first-order chi connectivity index (χ1) is 15.0. The van der Waals surface area contributed by atoms with E-state index in [1.165, 1.54) is 39.8 Å². The maximum atomic E-state index is 3.30. The molecule has 0 aliphatic heterocycles.